The molecule has 88 valence electrons. The Kier molecular flexibility index (Phi) is 4.84. The molecule has 17 heavy (non-hydrogen) atoms. The van der Waals surface area contributed by atoms with Crippen molar-refractivity contribution in [3.63, 3.8) is 0 Å². The van der Waals surface area contributed by atoms with E-state index in [1.54, 1.807) is 24.4 Å². The lowest BCUT2D eigenvalue weighted by Gasteiger charge is -2.01. The van der Waals surface area contributed by atoms with Crippen molar-refractivity contribution in [2.75, 3.05) is 0 Å². The Bertz CT molecular complexity index is 500. The van der Waals surface area contributed by atoms with Crippen molar-refractivity contribution in [2.45, 2.75) is 0 Å². The molecule has 0 bridgehead atoms. The Hall–Kier alpha value is -1.68. The predicted molar refractivity (Wildman–Crippen MR) is 59.0 cm³/mol. The van der Waals surface area contributed by atoms with Crippen LogP contribution in [0.5, 0.6) is 5.75 Å². The summed E-state index contributed by atoms with van der Waals surface area (Å²) in [5.74, 6) is 0.200. The van der Waals surface area contributed by atoms with Crippen molar-refractivity contribution in [3.8, 4) is 5.75 Å². The minimum atomic E-state index is -0.341. The fourth-order valence-corrected chi connectivity index (χ4v) is 1.36. The number of carbonyl (C=O) groups excluding carboxylic acids is 1. The van der Waals surface area contributed by atoms with E-state index in [1.807, 2.05) is 42.1 Å². The number of pyridine rings is 1. The van der Waals surface area contributed by atoms with Gasteiger partial charge in [0.25, 0.3) is 0 Å². The number of hydrogen-bond acceptors (Lipinski definition) is 2. The lowest BCUT2D eigenvalue weighted by atomic mass is 10.2. The molecule has 0 saturated carbocycles. The van der Waals surface area contributed by atoms with Gasteiger partial charge in [0.1, 0.15) is 7.05 Å². The van der Waals surface area contributed by atoms with Crippen LogP contribution in [0.2, 0.25) is 0 Å². The Morgan fingerprint density at radius 2 is 1.82 bits per heavy atom. The zero-order valence-corrected chi connectivity index (χ0v) is 10.9. The van der Waals surface area contributed by atoms with Crippen LogP contribution >= 0.6 is 0 Å². The standard InChI is InChI=1S/C13H12NO2.BrH/c1-14-9-5-8-12(10-14)16-13(15)11-6-3-2-4-7-11;/h2-10H,1H3;1H/q+1;/p-1. The van der Waals surface area contributed by atoms with E-state index in [0.717, 1.165) is 0 Å². The highest BCUT2D eigenvalue weighted by Gasteiger charge is 2.09. The summed E-state index contributed by atoms with van der Waals surface area (Å²) in [6.07, 6.45) is 3.63. The third kappa shape index (κ3) is 3.67. The van der Waals surface area contributed by atoms with Crippen molar-refractivity contribution in [2.24, 2.45) is 7.05 Å². The van der Waals surface area contributed by atoms with Crippen molar-refractivity contribution >= 4 is 5.97 Å². The fourth-order valence-electron chi connectivity index (χ4n) is 1.36. The molecule has 3 nitrogen and oxygen atoms in total. The van der Waals surface area contributed by atoms with Gasteiger partial charge < -0.3 is 21.7 Å². The van der Waals surface area contributed by atoms with Crippen LogP contribution in [0, 0.1) is 0 Å². The fraction of sp³-hybridized carbons (Fsp3) is 0.0769. The number of benzene rings is 1. The topological polar surface area (TPSA) is 30.2 Å². The van der Waals surface area contributed by atoms with Crippen LogP contribution in [0.25, 0.3) is 0 Å². The van der Waals surface area contributed by atoms with Crippen molar-refractivity contribution < 1.29 is 31.1 Å². The van der Waals surface area contributed by atoms with Crippen LogP contribution in [0.15, 0.2) is 54.9 Å². The Balaban J connectivity index is 0.00000144. The van der Waals surface area contributed by atoms with Gasteiger partial charge in [-0.05, 0) is 18.2 Å². The molecule has 0 spiro atoms. The van der Waals surface area contributed by atoms with E-state index < -0.39 is 0 Å². The summed E-state index contributed by atoms with van der Waals surface area (Å²) in [4.78, 5) is 11.7. The number of ether oxygens (including phenoxy) is 1. The predicted octanol–water partition coefficient (Wildman–Crippen LogP) is -1.27. The highest BCUT2D eigenvalue weighted by molar-refractivity contribution is 5.90. The number of nitrogens with zero attached hydrogens (tertiary/aromatic N) is 1. The first-order valence-electron chi connectivity index (χ1n) is 4.98. The molecule has 0 aliphatic rings. The largest absolute Gasteiger partial charge is 1.00 e. The van der Waals surface area contributed by atoms with E-state index in [2.05, 4.69) is 0 Å². The number of aromatic nitrogens is 1. The minimum Gasteiger partial charge on any atom is -1.00 e. The molecule has 0 fully saturated rings. The number of halogens is 1. The van der Waals surface area contributed by atoms with Gasteiger partial charge in [-0.3, -0.25) is 0 Å². The first-order valence-corrected chi connectivity index (χ1v) is 4.98. The van der Waals surface area contributed by atoms with Crippen molar-refractivity contribution in [1.82, 2.24) is 0 Å². The van der Waals surface area contributed by atoms with Gasteiger partial charge in [0, 0.05) is 6.07 Å². The molecule has 0 saturated heterocycles. The first kappa shape index (κ1) is 13.4. The summed E-state index contributed by atoms with van der Waals surface area (Å²) in [5, 5.41) is 0. The van der Waals surface area contributed by atoms with Crippen LogP contribution in [0.1, 0.15) is 10.4 Å². The molecular weight excluding hydrogens is 282 g/mol. The van der Waals surface area contributed by atoms with Crippen LogP contribution in [-0.2, 0) is 7.05 Å². The van der Waals surface area contributed by atoms with Gasteiger partial charge in [-0.1, -0.05) is 18.2 Å². The summed E-state index contributed by atoms with van der Waals surface area (Å²) in [6.45, 7) is 0. The third-order valence-corrected chi connectivity index (χ3v) is 2.13. The number of carbonyl (C=O) groups is 1. The SMILES string of the molecule is C[n+]1cccc(OC(=O)c2ccccc2)c1.[Br-]. The van der Waals surface area contributed by atoms with Gasteiger partial charge >= 0.3 is 5.97 Å². The summed E-state index contributed by atoms with van der Waals surface area (Å²) < 4.78 is 7.05. The van der Waals surface area contributed by atoms with E-state index in [0.29, 0.717) is 11.3 Å². The zero-order chi connectivity index (χ0) is 11.4. The summed E-state index contributed by atoms with van der Waals surface area (Å²) in [6, 6.07) is 12.5. The first-order chi connectivity index (χ1) is 7.75. The second-order valence-corrected chi connectivity index (χ2v) is 3.46. The molecule has 0 atom stereocenters. The maximum absolute atomic E-state index is 11.7. The smallest absolute Gasteiger partial charge is 0.343 e. The average Bonchev–Trinajstić information content (AvgIpc) is 2.30. The lowest BCUT2D eigenvalue weighted by molar-refractivity contribution is -0.671. The zero-order valence-electron chi connectivity index (χ0n) is 9.34. The van der Waals surface area contributed by atoms with Gasteiger partial charge in [-0.25, -0.2) is 9.36 Å². The number of rotatable bonds is 2. The number of hydrogen-bond donors (Lipinski definition) is 0. The Morgan fingerprint density at radius 1 is 1.12 bits per heavy atom. The highest BCUT2D eigenvalue weighted by Crippen LogP contribution is 2.09. The third-order valence-electron chi connectivity index (χ3n) is 2.13. The maximum atomic E-state index is 11.7. The number of aryl methyl sites for hydroxylation is 1. The van der Waals surface area contributed by atoms with E-state index >= 15 is 0 Å². The van der Waals surface area contributed by atoms with Gasteiger partial charge in [-0.2, -0.15) is 0 Å². The van der Waals surface area contributed by atoms with E-state index in [4.69, 9.17) is 4.74 Å². The number of esters is 1. The minimum absolute atomic E-state index is 0. The highest BCUT2D eigenvalue weighted by atomic mass is 79.9. The Morgan fingerprint density at radius 3 is 2.47 bits per heavy atom. The monoisotopic (exact) mass is 293 g/mol. The molecule has 1 heterocycles. The summed E-state index contributed by atoms with van der Waals surface area (Å²) in [7, 11) is 1.87. The average molecular weight is 294 g/mol. The quantitative estimate of drug-likeness (QED) is 0.511. The molecule has 0 aliphatic heterocycles. The van der Waals surface area contributed by atoms with Crippen LogP contribution in [0.3, 0.4) is 0 Å². The molecule has 1 aromatic carbocycles. The van der Waals surface area contributed by atoms with Gasteiger partial charge in [0.2, 0.25) is 6.20 Å². The molecule has 0 aliphatic carbocycles. The second kappa shape index (κ2) is 6.15. The molecule has 4 heteroatoms. The molecule has 0 amide bonds. The van der Waals surface area contributed by atoms with Crippen LogP contribution in [0.4, 0.5) is 0 Å². The lowest BCUT2D eigenvalue weighted by Crippen LogP contribution is -3.00. The molecule has 1 aromatic heterocycles. The molecule has 2 rings (SSSR count). The Labute approximate surface area is 110 Å². The molecular formula is C13H12BrNO2. The van der Waals surface area contributed by atoms with Crippen molar-refractivity contribution in [3.05, 3.63) is 60.4 Å². The normalized spacial score (nSPS) is 9.24. The van der Waals surface area contributed by atoms with E-state index in [1.165, 1.54) is 0 Å². The van der Waals surface area contributed by atoms with E-state index in [-0.39, 0.29) is 23.0 Å². The molecule has 0 unspecified atom stereocenters. The van der Waals surface area contributed by atoms with Crippen LogP contribution in [-0.4, -0.2) is 5.97 Å². The van der Waals surface area contributed by atoms with Crippen LogP contribution < -0.4 is 26.3 Å². The summed E-state index contributed by atoms with van der Waals surface area (Å²) >= 11 is 0. The maximum Gasteiger partial charge on any atom is 0.343 e. The van der Waals surface area contributed by atoms with Crippen molar-refractivity contribution in [1.29, 1.82) is 0 Å². The summed E-state index contributed by atoms with van der Waals surface area (Å²) in [5.41, 5.74) is 0.550. The molecule has 0 N–H and O–H groups in total. The molecule has 0 radical (unpaired) electrons. The van der Waals surface area contributed by atoms with E-state index in [9.17, 15) is 4.79 Å². The second-order valence-electron chi connectivity index (χ2n) is 3.46. The van der Waals surface area contributed by atoms with Gasteiger partial charge in [0.05, 0.1) is 5.56 Å². The van der Waals surface area contributed by atoms with Gasteiger partial charge in [0.15, 0.2) is 11.9 Å². The molecule has 2 aromatic rings. The van der Waals surface area contributed by atoms with Gasteiger partial charge in [-0.15, -0.1) is 0 Å².